The first-order valence-electron chi connectivity index (χ1n) is 4.52. The summed E-state index contributed by atoms with van der Waals surface area (Å²) in [4.78, 5) is 21.1. The molecule has 0 atom stereocenters. The molecule has 0 aromatic carbocycles. The quantitative estimate of drug-likeness (QED) is 0.588. The molecule has 0 rings (SSSR count). The van der Waals surface area contributed by atoms with E-state index in [1.165, 1.54) is 0 Å². The number of nitrogens with one attached hydrogen (secondary N) is 1. The standard InChI is InChI=1S/C9H14N2O3/c10-6-3-7-11-8(12)4-1-2-5-9(13)14/h1-5,7H2,(H,11,12)(H,13,14). The lowest BCUT2D eigenvalue weighted by Gasteiger charge is -2.01. The Morgan fingerprint density at radius 1 is 1.29 bits per heavy atom. The van der Waals surface area contributed by atoms with Crippen LogP contribution in [0.15, 0.2) is 0 Å². The van der Waals surface area contributed by atoms with Crippen molar-refractivity contribution in [3.05, 3.63) is 0 Å². The zero-order valence-electron chi connectivity index (χ0n) is 7.95. The lowest BCUT2D eigenvalue weighted by Crippen LogP contribution is -2.23. The number of carbonyl (C=O) groups is 2. The van der Waals surface area contributed by atoms with Crippen LogP contribution in [0.1, 0.15) is 32.1 Å². The number of hydrogen-bond acceptors (Lipinski definition) is 3. The highest BCUT2D eigenvalue weighted by Gasteiger charge is 2.01. The smallest absolute Gasteiger partial charge is 0.303 e. The van der Waals surface area contributed by atoms with Gasteiger partial charge in [0.2, 0.25) is 5.91 Å². The molecule has 0 aliphatic rings. The van der Waals surface area contributed by atoms with E-state index in [-0.39, 0.29) is 12.3 Å². The highest BCUT2D eigenvalue weighted by atomic mass is 16.4. The minimum atomic E-state index is -0.838. The van der Waals surface area contributed by atoms with Crippen molar-refractivity contribution in [3.63, 3.8) is 0 Å². The molecule has 0 unspecified atom stereocenters. The van der Waals surface area contributed by atoms with Gasteiger partial charge in [-0.25, -0.2) is 0 Å². The summed E-state index contributed by atoms with van der Waals surface area (Å²) in [7, 11) is 0. The number of unbranched alkanes of at least 4 members (excludes halogenated alkanes) is 1. The van der Waals surface area contributed by atoms with Gasteiger partial charge in [-0.15, -0.1) is 0 Å². The van der Waals surface area contributed by atoms with Crippen molar-refractivity contribution in [2.24, 2.45) is 0 Å². The third-order valence-electron chi connectivity index (χ3n) is 1.60. The van der Waals surface area contributed by atoms with Crippen molar-refractivity contribution < 1.29 is 14.7 Å². The van der Waals surface area contributed by atoms with E-state index in [1.807, 2.05) is 6.07 Å². The fraction of sp³-hybridized carbons (Fsp3) is 0.667. The molecule has 5 heteroatoms. The Morgan fingerprint density at radius 3 is 2.50 bits per heavy atom. The molecule has 0 saturated heterocycles. The number of hydrogen-bond donors (Lipinski definition) is 2. The topological polar surface area (TPSA) is 90.2 Å². The molecule has 0 aliphatic heterocycles. The van der Waals surface area contributed by atoms with Gasteiger partial charge < -0.3 is 10.4 Å². The average Bonchev–Trinajstić information content (AvgIpc) is 2.13. The summed E-state index contributed by atoms with van der Waals surface area (Å²) >= 11 is 0. The van der Waals surface area contributed by atoms with Gasteiger partial charge in [0.25, 0.3) is 0 Å². The molecule has 0 bridgehead atoms. The van der Waals surface area contributed by atoms with Crippen molar-refractivity contribution >= 4 is 11.9 Å². The third kappa shape index (κ3) is 8.53. The van der Waals surface area contributed by atoms with Gasteiger partial charge in [-0.2, -0.15) is 5.26 Å². The first-order valence-corrected chi connectivity index (χ1v) is 4.52. The number of rotatable bonds is 7. The van der Waals surface area contributed by atoms with Gasteiger partial charge >= 0.3 is 5.97 Å². The van der Waals surface area contributed by atoms with Crippen LogP contribution in [0.4, 0.5) is 0 Å². The van der Waals surface area contributed by atoms with Crippen LogP contribution < -0.4 is 5.32 Å². The van der Waals surface area contributed by atoms with E-state index in [9.17, 15) is 9.59 Å². The first kappa shape index (κ1) is 12.4. The normalized spacial score (nSPS) is 9.07. The van der Waals surface area contributed by atoms with E-state index in [4.69, 9.17) is 10.4 Å². The summed E-state index contributed by atoms with van der Waals surface area (Å²) in [5.41, 5.74) is 0. The summed E-state index contributed by atoms with van der Waals surface area (Å²) in [6, 6.07) is 1.91. The molecular formula is C9H14N2O3. The van der Waals surface area contributed by atoms with Crippen molar-refractivity contribution in [1.82, 2.24) is 5.32 Å². The molecule has 0 radical (unpaired) electrons. The molecule has 1 amide bonds. The zero-order valence-corrected chi connectivity index (χ0v) is 7.95. The zero-order chi connectivity index (χ0) is 10.8. The van der Waals surface area contributed by atoms with E-state index in [0.717, 1.165) is 0 Å². The molecule has 78 valence electrons. The Bertz CT molecular complexity index is 233. The Morgan fingerprint density at radius 2 is 1.93 bits per heavy atom. The van der Waals surface area contributed by atoms with Gasteiger partial charge in [-0.05, 0) is 12.8 Å². The molecule has 0 aromatic heterocycles. The van der Waals surface area contributed by atoms with Crippen LogP contribution in [-0.2, 0) is 9.59 Å². The van der Waals surface area contributed by atoms with E-state index in [2.05, 4.69) is 5.32 Å². The van der Waals surface area contributed by atoms with Gasteiger partial charge in [0.1, 0.15) is 0 Å². The van der Waals surface area contributed by atoms with E-state index >= 15 is 0 Å². The van der Waals surface area contributed by atoms with E-state index in [0.29, 0.717) is 32.2 Å². The number of aliphatic carboxylic acids is 1. The third-order valence-corrected chi connectivity index (χ3v) is 1.60. The largest absolute Gasteiger partial charge is 0.481 e. The summed E-state index contributed by atoms with van der Waals surface area (Å²) in [5.74, 6) is -0.958. The molecule has 0 fully saturated rings. The number of carboxylic acids is 1. The summed E-state index contributed by atoms with van der Waals surface area (Å²) in [6.07, 6.45) is 1.83. The second-order valence-corrected chi connectivity index (χ2v) is 2.86. The molecule has 0 aliphatic carbocycles. The SMILES string of the molecule is N#CCCNC(=O)CCCCC(=O)O. The maximum atomic E-state index is 11.0. The number of nitrogens with zero attached hydrogens (tertiary/aromatic N) is 1. The van der Waals surface area contributed by atoms with E-state index < -0.39 is 5.97 Å². The van der Waals surface area contributed by atoms with Crippen molar-refractivity contribution in [3.8, 4) is 6.07 Å². The van der Waals surface area contributed by atoms with Crippen LogP contribution in [0.2, 0.25) is 0 Å². The molecule has 5 nitrogen and oxygen atoms in total. The van der Waals surface area contributed by atoms with Crippen molar-refractivity contribution in [2.75, 3.05) is 6.54 Å². The van der Waals surface area contributed by atoms with Crippen LogP contribution in [0.3, 0.4) is 0 Å². The van der Waals surface area contributed by atoms with Gasteiger partial charge in [-0.3, -0.25) is 9.59 Å². The van der Waals surface area contributed by atoms with Gasteiger partial charge in [0, 0.05) is 19.4 Å². The Balaban J connectivity index is 3.28. The number of carboxylic acid groups (broad SMARTS) is 1. The van der Waals surface area contributed by atoms with Crippen molar-refractivity contribution in [2.45, 2.75) is 32.1 Å². The van der Waals surface area contributed by atoms with Crippen molar-refractivity contribution in [1.29, 1.82) is 5.26 Å². The van der Waals surface area contributed by atoms with Gasteiger partial charge in [-0.1, -0.05) is 0 Å². The summed E-state index contributed by atoms with van der Waals surface area (Å²) < 4.78 is 0. The minimum Gasteiger partial charge on any atom is -0.481 e. The molecule has 0 aromatic rings. The van der Waals surface area contributed by atoms with Gasteiger partial charge in [0.05, 0.1) is 12.5 Å². The van der Waals surface area contributed by atoms with Crippen LogP contribution in [0.5, 0.6) is 0 Å². The molecule has 0 spiro atoms. The Hall–Kier alpha value is -1.57. The van der Waals surface area contributed by atoms with Crippen LogP contribution in [-0.4, -0.2) is 23.5 Å². The van der Waals surface area contributed by atoms with Gasteiger partial charge in [0.15, 0.2) is 0 Å². The van der Waals surface area contributed by atoms with Crippen LogP contribution in [0.25, 0.3) is 0 Å². The second-order valence-electron chi connectivity index (χ2n) is 2.86. The first-order chi connectivity index (χ1) is 6.66. The summed E-state index contributed by atoms with van der Waals surface area (Å²) in [5, 5.41) is 19.1. The fourth-order valence-corrected chi connectivity index (χ4v) is 0.908. The van der Waals surface area contributed by atoms with E-state index in [1.54, 1.807) is 0 Å². The number of carbonyl (C=O) groups excluding carboxylic acids is 1. The lowest BCUT2D eigenvalue weighted by atomic mass is 10.2. The molecule has 2 N–H and O–H groups in total. The predicted octanol–water partition coefficient (Wildman–Crippen LogP) is 0.661. The molecular weight excluding hydrogens is 184 g/mol. The number of nitriles is 1. The average molecular weight is 198 g/mol. The maximum absolute atomic E-state index is 11.0. The molecule has 14 heavy (non-hydrogen) atoms. The molecule has 0 saturated carbocycles. The summed E-state index contributed by atoms with van der Waals surface area (Å²) in [6.45, 7) is 0.369. The maximum Gasteiger partial charge on any atom is 0.303 e. The minimum absolute atomic E-state index is 0.103. The highest BCUT2D eigenvalue weighted by Crippen LogP contribution is 1.99. The van der Waals surface area contributed by atoms with Crippen LogP contribution >= 0.6 is 0 Å². The van der Waals surface area contributed by atoms with Crippen LogP contribution in [0, 0.1) is 11.3 Å². The predicted molar refractivity (Wildman–Crippen MR) is 49.3 cm³/mol. The Kier molecular flexibility index (Phi) is 7.15. The molecule has 0 heterocycles. The highest BCUT2D eigenvalue weighted by molar-refractivity contribution is 5.75. The second kappa shape index (κ2) is 8.05. The monoisotopic (exact) mass is 198 g/mol. The fourth-order valence-electron chi connectivity index (χ4n) is 0.908. The Labute approximate surface area is 82.7 Å². The lowest BCUT2D eigenvalue weighted by molar-refractivity contribution is -0.137. The number of amides is 1.